The minimum absolute atomic E-state index is 0.0989. The number of amides is 2. The molecule has 1 aromatic heterocycles. The second-order valence-electron chi connectivity index (χ2n) is 8.13. The molecule has 2 amide bonds. The summed E-state index contributed by atoms with van der Waals surface area (Å²) in [4.78, 5) is 24.5. The molecule has 0 atom stereocenters. The molecule has 2 aromatic carbocycles. The van der Waals surface area contributed by atoms with Gasteiger partial charge >= 0.3 is 0 Å². The van der Waals surface area contributed by atoms with Crippen molar-refractivity contribution in [3.8, 4) is 0 Å². The highest BCUT2D eigenvalue weighted by Crippen LogP contribution is 2.18. The number of carbonyl (C=O) groups is 2. The van der Waals surface area contributed by atoms with Crippen LogP contribution < -0.4 is 21.6 Å². The van der Waals surface area contributed by atoms with Crippen LogP contribution in [-0.2, 0) is 28.9 Å². The Balaban J connectivity index is 1.11. The number of hydrogen-bond donors (Lipinski definition) is 4. The lowest BCUT2D eigenvalue weighted by Gasteiger charge is -2.14. The van der Waals surface area contributed by atoms with E-state index in [0.717, 1.165) is 42.8 Å². The molecular formula is C25H29N7O2S. The van der Waals surface area contributed by atoms with Gasteiger partial charge < -0.3 is 10.6 Å². The zero-order valence-corrected chi connectivity index (χ0v) is 20.2. The van der Waals surface area contributed by atoms with Gasteiger partial charge in [0.15, 0.2) is 0 Å². The van der Waals surface area contributed by atoms with Crippen LogP contribution in [0, 0.1) is 0 Å². The second kappa shape index (κ2) is 12.6. The first-order chi connectivity index (χ1) is 17.2. The Morgan fingerprint density at radius 1 is 0.914 bits per heavy atom. The largest absolute Gasteiger partial charge is 0.350 e. The number of nitrogens with zero attached hydrogens (tertiary/aromatic N) is 3. The molecule has 0 spiro atoms. The SMILES string of the molecule is O=C(Cc1ccccc1)Nc1nnc(CCCCN2C=C(C(=O)NCCc3ccccc3)NN2)s1. The number of unbranched alkanes of at least 4 members (excludes halogenated alkanes) is 1. The summed E-state index contributed by atoms with van der Waals surface area (Å²) >= 11 is 1.40. The van der Waals surface area contributed by atoms with Crippen molar-refractivity contribution in [2.24, 2.45) is 0 Å². The van der Waals surface area contributed by atoms with Gasteiger partial charge in [-0.1, -0.05) is 72.0 Å². The van der Waals surface area contributed by atoms with Gasteiger partial charge in [0.1, 0.15) is 10.7 Å². The van der Waals surface area contributed by atoms with Gasteiger partial charge in [-0.15, -0.1) is 15.7 Å². The number of carbonyl (C=O) groups excluding carboxylic acids is 2. The van der Waals surface area contributed by atoms with Crippen LogP contribution >= 0.6 is 11.3 Å². The van der Waals surface area contributed by atoms with Crippen LogP contribution in [0.2, 0.25) is 0 Å². The summed E-state index contributed by atoms with van der Waals surface area (Å²) in [5.74, 6) is -0.232. The standard InChI is InChI=1S/C25H29N7O2S/c33-22(17-20-11-5-2-6-12-20)27-25-30-29-23(35-25)13-7-8-16-32-18-21(28-31-32)24(34)26-15-14-19-9-3-1-4-10-19/h1-6,9-12,18,28,31H,7-8,13-17H2,(H,26,34)(H,27,30,33). The van der Waals surface area contributed by atoms with Crippen LogP contribution in [0.25, 0.3) is 0 Å². The molecule has 0 bridgehead atoms. The number of nitrogens with one attached hydrogen (secondary N) is 4. The summed E-state index contributed by atoms with van der Waals surface area (Å²) in [5, 5.41) is 17.3. The Hall–Kier alpha value is -3.76. The fourth-order valence-corrected chi connectivity index (χ4v) is 4.35. The summed E-state index contributed by atoms with van der Waals surface area (Å²) < 4.78 is 0. The van der Waals surface area contributed by atoms with Crippen LogP contribution in [0.1, 0.15) is 29.0 Å². The van der Waals surface area contributed by atoms with E-state index in [2.05, 4.69) is 31.8 Å². The molecular weight excluding hydrogens is 462 g/mol. The van der Waals surface area contributed by atoms with E-state index in [9.17, 15) is 9.59 Å². The first kappa shape index (κ1) is 24.4. The average molecular weight is 492 g/mol. The van der Waals surface area contributed by atoms with Gasteiger partial charge in [0, 0.05) is 25.7 Å². The molecule has 1 aliphatic heterocycles. The molecule has 0 saturated heterocycles. The molecule has 4 N–H and O–H groups in total. The third kappa shape index (κ3) is 7.90. The lowest BCUT2D eigenvalue weighted by molar-refractivity contribution is -0.118. The van der Waals surface area contributed by atoms with Gasteiger partial charge in [-0.2, -0.15) is 0 Å². The molecule has 0 saturated carbocycles. The van der Waals surface area contributed by atoms with Crippen LogP contribution in [0.4, 0.5) is 5.13 Å². The Morgan fingerprint density at radius 3 is 2.43 bits per heavy atom. The molecule has 4 rings (SSSR count). The Labute approximate surface area is 208 Å². The van der Waals surface area contributed by atoms with E-state index < -0.39 is 0 Å². The second-order valence-corrected chi connectivity index (χ2v) is 9.20. The third-order valence-corrected chi connectivity index (χ3v) is 6.26. The first-order valence-electron chi connectivity index (χ1n) is 11.6. The minimum atomic E-state index is -0.133. The van der Waals surface area contributed by atoms with Crippen LogP contribution in [0.3, 0.4) is 0 Å². The highest BCUT2D eigenvalue weighted by molar-refractivity contribution is 7.15. The molecule has 0 unspecified atom stereocenters. The first-order valence-corrected chi connectivity index (χ1v) is 12.5. The number of aryl methyl sites for hydroxylation is 1. The van der Waals surface area contributed by atoms with Crippen LogP contribution in [0.15, 0.2) is 72.6 Å². The van der Waals surface area contributed by atoms with Crippen molar-refractivity contribution >= 4 is 28.3 Å². The molecule has 35 heavy (non-hydrogen) atoms. The number of anilines is 1. The van der Waals surface area contributed by atoms with Crippen molar-refractivity contribution in [1.82, 2.24) is 31.5 Å². The predicted octanol–water partition coefficient (Wildman–Crippen LogP) is 2.57. The Kier molecular flexibility index (Phi) is 8.79. The van der Waals surface area contributed by atoms with Gasteiger partial charge in [-0.05, 0) is 30.4 Å². The third-order valence-electron chi connectivity index (χ3n) is 5.37. The van der Waals surface area contributed by atoms with Crippen LogP contribution in [0.5, 0.6) is 0 Å². The number of aromatic nitrogens is 2. The zero-order chi connectivity index (χ0) is 24.3. The number of rotatable bonds is 12. The minimum Gasteiger partial charge on any atom is -0.350 e. The average Bonchev–Trinajstić information content (AvgIpc) is 3.53. The molecule has 1 aliphatic rings. The highest BCUT2D eigenvalue weighted by Gasteiger charge is 2.17. The van der Waals surface area contributed by atoms with Gasteiger partial charge in [-0.25, -0.2) is 0 Å². The topological polar surface area (TPSA) is 111 Å². The molecule has 0 aliphatic carbocycles. The lowest BCUT2D eigenvalue weighted by atomic mass is 10.1. The predicted molar refractivity (Wildman–Crippen MR) is 136 cm³/mol. The summed E-state index contributed by atoms with van der Waals surface area (Å²) in [7, 11) is 0. The van der Waals surface area contributed by atoms with Gasteiger partial charge in [-0.3, -0.25) is 20.0 Å². The zero-order valence-electron chi connectivity index (χ0n) is 19.4. The van der Waals surface area contributed by atoms with Crippen LogP contribution in [-0.4, -0.2) is 40.1 Å². The highest BCUT2D eigenvalue weighted by atomic mass is 32.1. The van der Waals surface area contributed by atoms with E-state index in [0.29, 0.717) is 23.8 Å². The number of hydrogen-bond acceptors (Lipinski definition) is 8. The summed E-state index contributed by atoms with van der Waals surface area (Å²) in [6.45, 7) is 1.33. The van der Waals surface area contributed by atoms with Gasteiger partial charge in [0.05, 0.1) is 6.42 Å². The van der Waals surface area contributed by atoms with Crippen molar-refractivity contribution < 1.29 is 9.59 Å². The molecule has 182 valence electrons. The van der Waals surface area contributed by atoms with E-state index >= 15 is 0 Å². The quantitative estimate of drug-likeness (QED) is 0.288. The maximum atomic E-state index is 12.3. The van der Waals surface area contributed by atoms with Crippen molar-refractivity contribution in [1.29, 1.82) is 0 Å². The Bertz CT molecular complexity index is 1130. The molecule has 0 fully saturated rings. The number of hydrazine groups is 2. The van der Waals surface area contributed by atoms with E-state index in [1.807, 2.05) is 65.7 Å². The molecule has 2 heterocycles. The smallest absolute Gasteiger partial charge is 0.270 e. The monoisotopic (exact) mass is 491 g/mol. The fourth-order valence-electron chi connectivity index (χ4n) is 3.56. The molecule has 0 radical (unpaired) electrons. The van der Waals surface area contributed by atoms with E-state index in [-0.39, 0.29) is 11.8 Å². The Morgan fingerprint density at radius 2 is 1.66 bits per heavy atom. The summed E-state index contributed by atoms with van der Waals surface area (Å²) in [6, 6.07) is 19.7. The maximum Gasteiger partial charge on any atom is 0.270 e. The molecule has 10 heteroatoms. The van der Waals surface area contributed by atoms with Gasteiger partial charge in [0.25, 0.3) is 5.91 Å². The number of benzene rings is 2. The molecule has 9 nitrogen and oxygen atoms in total. The van der Waals surface area contributed by atoms with Crippen molar-refractivity contribution in [3.05, 3.63) is 88.7 Å². The van der Waals surface area contributed by atoms with E-state index in [1.54, 1.807) is 6.20 Å². The maximum absolute atomic E-state index is 12.3. The van der Waals surface area contributed by atoms with E-state index in [1.165, 1.54) is 16.9 Å². The fraction of sp³-hybridized carbons (Fsp3) is 0.280. The summed E-state index contributed by atoms with van der Waals surface area (Å²) in [5.41, 5.74) is 8.56. The lowest BCUT2D eigenvalue weighted by Crippen LogP contribution is -2.39. The van der Waals surface area contributed by atoms with Gasteiger partial charge in [0.2, 0.25) is 11.0 Å². The van der Waals surface area contributed by atoms with Crippen molar-refractivity contribution in [3.63, 3.8) is 0 Å². The van der Waals surface area contributed by atoms with E-state index in [4.69, 9.17) is 0 Å². The normalized spacial score (nSPS) is 12.7. The summed E-state index contributed by atoms with van der Waals surface area (Å²) in [6.07, 6.45) is 5.49. The molecule has 3 aromatic rings. The van der Waals surface area contributed by atoms with Crippen molar-refractivity contribution in [2.45, 2.75) is 32.1 Å². The van der Waals surface area contributed by atoms with Crippen molar-refractivity contribution in [2.75, 3.05) is 18.4 Å².